The molecule has 2 aromatic carbocycles. The highest BCUT2D eigenvalue weighted by Crippen LogP contribution is 2.24. The van der Waals surface area contributed by atoms with Crippen LogP contribution in [0.2, 0.25) is 0 Å². The number of carbonyl (C=O) groups is 2. The number of ether oxygens (including phenoxy) is 1. The summed E-state index contributed by atoms with van der Waals surface area (Å²) in [4.78, 5) is 28.8. The highest BCUT2D eigenvalue weighted by molar-refractivity contribution is 7.14. The third kappa shape index (κ3) is 5.79. The lowest BCUT2D eigenvalue weighted by Crippen LogP contribution is -2.20. The number of hydrogen-bond acceptors (Lipinski definition) is 5. The van der Waals surface area contributed by atoms with Crippen molar-refractivity contribution in [2.45, 2.75) is 20.3 Å². The predicted octanol–water partition coefficient (Wildman–Crippen LogP) is 4.59. The van der Waals surface area contributed by atoms with Gasteiger partial charge >= 0.3 is 6.03 Å². The van der Waals surface area contributed by atoms with E-state index < -0.39 is 6.03 Å². The molecule has 3 rings (SSSR count). The van der Waals surface area contributed by atoms with Crippen LogP contribution in [0.4, 0.5) is 21.3 Å². The fourth-order valence-corrected chi connectivity index (χ4v) is 3.57. The highest BCUT2D eigenvalue weighted by Gasteiger charge is 2.12. The molecule has 0 radical (unpaired) electrons. The van der Waals surface area contributed by atoms with Crippen molar-refractivity contribution in [3.8, 4) is 5.75 Å². The van der Waals surface area contributed by atoms with E-state index in [9.17, 15) is 9.59 Å². The molecule has 3 amide bonds. The molecule has 7 nitrogen and oxygen atoms in total. The number of amides is 3. The van der Waals surface area contributed by atoms with E-state index in [4.69, 9.17) is 4.74 Å². The van der Waals surface area contributed by atoms with Gasteiger partial charge in [-0.1, -0.05) is 18.2 Å². The Labute approximate surface area is 173 Å². The second-order valence-corrected chi connectivity index (χ2v) is 7.38. The van der Waals surface area contributed by atoms with Crippen LogP contribution in [0.1, 0.15) is 16.8 Å². The Morgan fingerprint density at radius 2 is 1.76 bits per heavy atom. The molecule has 3 aromatic rings. The summed E-state index contributed by atoms with van der Waals surface area (Å²) in [5.41, 5.74) is 4.07. The number of carbonyl (C=O) groups excluding carboxylic acids is 2. The van der Waals surface area contributed by atoms with Gasteiger partial charge in [-0.25, -0.2) is 9.78 Å². The van der Waals surface area contributed by atoms with Gasteiger partial charge in [0.2, 0.25) is 5.91 Å². The average molecular weight is 410 g/mol. The largest absolute Gasteiger partial charge is 0.495 e. The number of urea groups is 1. The van der Waals surface area contributed by atoms with Gasteiger partial charge in [0, 0.05) is 11.1 Å². The van der Waals surface area contributed by atoms with Crippen molar-refractivity contribution in [2.75, 3.05) is 23.1 Å². The predicted molar refractivity (Wildman–Crippen MR) is 116 cm³/mol. The number of nitrogens with one attached hydrogen (secondary N) is 3. The van der Waals surface area contributed by atoms with E-state index in [0.717, 1.165) is 16.8 Å². The van der Waals surface area contributed by atoms with Crippen LogP contribution in [0.25, 0.3) is 0 Å². The summed E-state index contributed by atoms with van der Waals surface area (Å²) in [5.74, 6) is 0.399. The molecule has 0 fully saturated rings. The van der Waals surface area contributed by atoms with Gasteiger partial charge in [-0.05, 0) is 49.2 Å². The van der Waals surface area contributed by atoms with E-state index in [0.29, 0.717) is 22.3 Å². The summed E-state index contributed by atoms with van der Waals surface area (Å²) in [6.45, 7) is 3.97. The number of nitrogens with zero attached hydrogens (tertiary/aromatic N) is 1. The Bertz CT molecular complexity index is 1010. The molecule has 0 aliphatic heterocycles. The number of hydrogen-bond donors (Lipinski definition) is 3. The van der Waals surface area contributed by atoms with Crippen LogP contribution in [0.3, 0.4) is 0 Å². The van der Waals surface area contributed by atoms with Gasteiger partial charge in [-0.15, -0.1) is 11.3 Å². The number of anilines is 3. The third-order valence-electron chi connectivity index (χ3n) is 3.97. The summed E-state index contributed by atoms with van der Waals surface area (Å²) in [5, 5.41) is 10.4. The van der Waals surface area contributed by atoms with Crippen molar-refractivity contribution < 1.29 is 14.3 Å². The number of benzene rings is 2. The fraction of sp³-hybridized carbons (Fsp3) is 0.190. The van der Waals surface area contributed by atoms with Gasteiger partial charge < -0.3 is 15.4 Å². The fourth-order valence-electron chi connectivity index (χ4n) is 2.86. The lowest BCUT2D eigenvalue weighted by atomic mass is 10.1. The first kappa shape index (κ1) is 20.3. The molecule has 29 heavy (non-hydrogen) atoms. The number of aryl methyl sites for hydroxylation is 2. The molecule has 1 aromatic heterocycles. The van der Waals surface area contributed by atoms with Crippen LogP contribution >= 0.6 is 11.3 Å². The molecule has 0 atom stereocenters. The zero-order chi connectivity index (χ0) is 20.8. The summed E-state index contributed by atoms with van der Waals surface area (Å²) in [7, 11) is 1.54. The number of methoxy groups -OCH3 is 1. The molecule has 0 spiro atoms. The number of aromatic nitrogens is 1. The quantitative estimate of drug-likeness (QED) is 0.554. The van der Waals surface area contributed by atoms with Gasteiger partial charge in [0.15, 0.2) is 5.13 Å². The van der Waals surface area contributed by atoms with E-state index in [-0.39, 0.29) is 12.3 Å². The summed E-state index contributed by atoms with van der Waals surface area (Å²) in [6.07, 6.45) is 0.124. The Balaban J connectivity index is 1.56. The number of rotatable bonds is 6. The normalized spacial score (nSPS) is 10.3. The molecule has 8 heteroatoms. The third-order valence-corrected chi connectivity index (χ3v) is 4.78. The lowest BCUT2D eigenvalue weighted by Gasteiger charge is -2.09. The topological polar surface area (TPSA) is 92.3 Å². The van der Waals surface area contributed by atoms with Crippen LogP contribution in [-0.4, -0.2) is 24.0 Å². The zero-order valence-electron chi connectivity index (χ0n) is 16.4. The van der Waals surface area contributed by atoms with Gasteiger partial charge in [-0.3, -0.25) is 10.1 Å². The Hall–Kier alpha value is -3.39. The number of para-hydroxylation sites is 2. The van der Waals surface area contributed by atoms with Crippen LogP contribution in [0, 0.1) is 13.8 Å². The van der Waals surface area contributed by atoms with Crippen LogP contribution in [-0.2, 0) is 11.2 Å². The summed E-state index contributed by atoms with van der Waals surface area (Å²) in [6, 6.07) is 12.6. The molecule has 0 bridgehead atoms. The van der Waals surface area contributed by atoms with E-state index in [1.165, 1.54) is 18.4 Å². The van der Waals surface area contributed by atoms with Crippen molar-refractivity contribution in [3.63, 3.8) is 0 Å². The molecule has 0 unspecified atom stereocenters. The maximum atomic E-state index is 12.3. The van der Waals surface area contributed by atoms with Gasteiger partial charge in [0.05, 0.1) is 24.9 Å². The van der Waals surface area contributed by atoms with Crippen LogP contribution in [0.5, 0.6) is 5.75 Å². The Morgan fingerprint density at radius 1 is 1.03 bits per heavy atom. The smallest absolute Gasteiger partial charge is 0.325 e. The molecule has 150 valence electrons. The molecule has 0 saturated carbocycles. The molecule has 0 saturated heterocycles. The molecule has 1 heterocycles. The van der Waals surface area contributed by atoms with E-state index >= 15 is 0 Å². The first-order chi connectivity index (χ1) is 13.9. The van der Waals surface area contributed by atoms with Gasteiger partial charge in [-0.2, -0.15) is 0 Å². The molecular weight excluding hydrogens is 388 g/mol. The van der Waals surface area contributed by atoms with Crippen LogP contribution < -0.4 is 20.7 Å². The van der Waals surface area contributed by atoms with E-state index in [1.807, 2.05) is 38.1 Å². The minimum atomic E-state index is -0.435. The summed E-state index contributed by atoms with van der Waals surface area (Å²) < 4.78 is 5.21. The standard InChI is InChI=1S/C21H22N4O3S/c1-13-8-14(2)10-15(9-13)22-19(26)11-16-12-29-21(23-16)25-20(27)24-17-6-4-5-7-18(17)28-3/h4-10,12H,11H2,1-3H3,(H,22,26)(H2,23,24,25,27). The SMILES string of the molecule is COc1ccccc1NC(=O)Nc1nc(CC(=O)Nc2cc(C)cc(C)c2)cs1. The van der Waals surface area contributed by atoms with E-state index in [2.05, 4.69) is 20.9 Å². The van der Waals surface area contributed by atoms with E-state index in [1.54, 1.807) is 23.6 Å². The van der Waals surface area contributed by atoms with Gasteiger partial charge in [0.1, 0.15) is 5.75 Å². The minimum Gasteiger partial charge on any atom is -0.495 e. The first-order valence-corrected chi connectivity index (χ1v) is 9.84. The molecule has 0 aliphatic rings. The van der Waals surface area contributed by atoms with Crippen molar-refractivity contribution in [2.24, 2.45) is 0 Å². The second-order valence-electron chi connectivity index (χ2n) is 6.52. The Kier molecular flexibility index (Phi) is 6.46. The molecule has 0 aliphatic carbocycles. The second kappa shape index (κ2) is 9.20. The average Bonchev–Trinajstić information content (AvgIpc) is 3.07. The first-order valence-electron chi connectivity index (χ1n) is 8.96. The molecular formula is C21H22N4O3S. The number of thiazole rings is 1. The maximum absolute atomic E-state index is 12.3. The monoisotopic (exact) mass is 410 g/mol. The van der Waals surface area contributed by atoms with Crippen molar-refractivity contribution >= 4 is 39.8 Å². The minimum absolute atomic E-state index is 0.124. The Morgan fingerprint density at radius 3 is 2.48 bits per heavy atom. The maximum Gasteiger partial charge on any atom is 0.325 e. The highest BCUT2D eigenvalue weighted by atomic mass is 32.1. The van der Waals surface area contributed by atoms with Crippen LogP contribution in [0.15, 0.2) is 47.8 Å². The van der Waals surface area contributed by atoms with Gasteiger partial charge in [0.25, 0.3) is 0 Å². The molecule has 3 N–H and O–H groups in total. The summed E-state index contributed by atoms with van der Waals surface area (Å²) >= 11 is 1.26. The lowest BCUT2D eigenvalue weighted by molar-refractivity contribution is -0.115. The zero-order valence-corrected chi connectivity index (χ0v) is 17.2. The van der Waals surface area contributed by atoms with Crippen molar-refractivity contribution in [1.82, 2.24) is 4.98 Å². The van der Waals surface area contributed by atoms with Crippen molar-refractivity contribution in [1.29, 1.82) is 0 Å². The van der Waals surface area contributed by atoms with Crippen molar-refractivity contribution in [3.05, 3.63) is 64.7 Å².